The van der Waals surface area contributed by atoms with E-state index in [9.17, 15) is 0 Å². The topological polar surface area (TPSA) is 6.48 Å². The van der Waals surface area contributed by atoms with Crippen LogP contribution in [0.5, 0.6) is 0 Å². The molecule has 0 amide bonds. The van der Waals surface area contributed by atoms with Gasteiger partial charge in [0.05, 0.1) is 0 Å². The summed E-state index contributed by atoms with van der Waals surface area (Å²) in [5.41, 5.74) is 9.93. The van der Waals surface area contributed by atoms with Crippen LogP contribution in [0.25, 0.3) is 0 Å². The van der Waals surface area contributed by atoms with Crippen LogP contribution in [0.4, 0.5) is 11.4 Å². The van der Waals surface area contributed by atoms with Crippen LogP contribution in [0.3, 0.4) is 0 Å². The Hall–Kier alpha value is -2.26. The fraction of sp³-hybridized carbons (Fsp3) is 0.432. The van der Waals surface area contributed by atoms with Gasteiger partial charge in [0.1, 0.15) is 0 Å². The van der Waals surface area contributed by atoms with Crippen LogP contribution in [0.1, 0.15) is 128 Å². The number of benzene rings is 3. The summed E-state index contributed by atoms with van der Waals surface area (Å²) in [4.78, 5) is 4.65. The zero-order chi connectivity index (χ0) is 28.9. The Labute approximate surface area is 261 Å². The molecule has 0 bridgehead atoms. The molecule has 3 aromatic carbocycles. The fourth-order valence-electron chi connectivity index (χ4n) is 5.13. The molecule has 1 aliphatic heterocycles. The fourth-order valence-corrected chi connectivity index (χ4v) is 5.13. The molecule has 3 heteroatoms. The standard InChI is InChI=1S/C27H37N2.C10H13.Au/c1-18(2)22-11-9-12-23(19(3)4)26(22)28-15-16-29(17-28)27-24(20(5)6)13-10-14-25(27)21(7)8;1-10(2,3)9-7-5-4-6-8-9;/h9-21H,1-8H3;5-8H,1-3H3;/q2*-1;. The monoisotopic (exact) mass is 719 g/mol. The predicted octanol–water partition coefficient (Wildman–Crippen LogP) is 10.9. The predicted molar refractivity (Wildman–Crippen MR) is 172 cm³/mol. The summed E-state index contributed by atoms with van der Waals surface area (Å²) in [6, 6.07) is 24.7. The first-order valence-corrected chi connectivity index (χ1v) is 14.6. The SMILES string of the molecule is CC(C)(C)c1cc[c-]cc1.CC(C)c1cccc(C(C)C)c1N1C=CN(c2c(C(C)C)cccc2C(C)C)[CH-]1.[Au]. The minimum Gasteiger partial charge on any atom is -0.479 e. The molecule has 2 nitrogen and oxygen atoms in total. The van der Waals surface area contributed by atoms with Gasteiger partial charge in [-0.05, 0) is 63.7 Å². The smallest absolute Gasteiger partial charge is 0.0195 e. The van der Waals surface area contributed by atoms with Gasteiger partial charge in [0.25, 0.3) is 0 Å². The van der Waals surface area contributed by atoms with Gasteiger partial charge in [-0.1, -0.05) is 113 Å². The van der Waals surface area contributed by atoms with E-state index in [-0.39, 0.29) is 27.8 Å². The minimum atomic E-state index is 0. The van der Waals surface area contributed by atoms with E-state index in [1.165, 1.54) is 39.2 Å². The Morgan fingerprint density at radius 3 is 1.15 bits per heavy atom. The van der Waals surface area contributed by atoms with E-state index in [1.54, 1.807) is 0 Å². The molecule has 0 saturated heterocycles. The largest absolute Gasteiger partial charge is 0.479 e. The first kappa shape index (κ1) is 33.9. The van der Waals surface area contributed by atoms with Gasteiger partial charge in [0, 0.05) is 33.8 Å². The molecule has 221 valence electrons. The first-order chi connectivity index (χ1) is 18.3. The minimum absolute atomic E-state index is 0. The van der Waals surface area contributed by atoms with Crippen molar-refractivity contribution >= 4 is 11.4 Å². The van der Waals surface area contributed by atoms with Gasteiger partial charge < -0.3 is 9.80 Å². The summed E-state index contributed by atoms with van der Waals surface area (Å²) in [5, 5.41) is 0. The van der Waals surface area contributed by atoms with E-state index >= 15 is 0 Å². The van der Waals surface area contributed by atoms with Crippen molar-refractivity contribution in [3.63, 3.8) is 0 Å². The number of anilines is 2. The summed E-state index contributed by atoms with van der Waals surface area (Å²) in [6.07, 6.45) is 4.43. The first-order valence-electron chi connectivity index (χ1n) is 14.6. The van der Waals surface area contributed by atoms with Gasteiger partial charge in [0.2, 0.25) is 0 Å². The van der Waals surface area contributed by atoms with Crippen molar-refractivity contribution in [3.05, 3.63) is 114 Å². The third kappa shape index (κ3) is 8.15. The van der Waals surface area contributed by atoms with Crippen molar-refractivity contribution in [2.75, 3.05) is 9.80 Å². The summed E-state index contributed by atoms with van der Waals surface area (Å²) >= 11 is 0. The van der Waals surface area contributed by atoms with Crippen LogP contribution < -0.4 is 9.80 Å². The van der Waals surface area contributed by atoms with Crippen LogP contribution in [0, 0.1) is 12.7 Å². The normalized spacial score (nSPS) is 13.3. The Kier molecular flexibility index (Phi) is 12.4. The molecular formula is C37H50AuN2-2. The summed E-state index contributed by atoms with van der Waals surface area (Å²) in [6.45, 7) is 27.2. The molecular weight excluding hydrogens is 669 g/mol. The van der Waals surface area contributed by atoms with Crippen LogP contribution in [-0.4, -0.2) is 0 Å². The van der Waals surface area contributed by atoms with Gasteiger partial charge in [-0.25, -0.2) is 0 Å². The Morgan fingerprint density at radius 2 is 0.900 bits per heavy atom. The van der Waals surface area contributed by atoms with Crippen LogP contribution in [0.2, 0.25) is 0 Å². The van der Waals surface area contributed by atoms with E-state index in [1.807, 2.05) is 12.1 Å². The zero-order valence-electron chi connectivity index (χ0n) is 26.5. The van der Waals surface area contributed by atoms with Crippen molar-refractivity contribution in [1.29, 1.82) is 0 Å². The molecule has 0 spiro atoms. The molecule has 0 unspecified atom stereocenters. The molecule has 4 rings (SSSR count). The van der Waals surface area contributed by atoms with Gasteiger partial charge in [0.15, 0.2) is 0 Å². The number of rotatable bonds is 6. The molecule has 1 radical (unpaired) electrons. The van der Waals surface area contributed by atoms with Crippen molar-refractivity contribution in [2.45, 2.75) is 105 Å². The second kappa shape index (κ2) is 14.6. The van der Waals surface area contributed by atoms with E-state index in [0.717, 1.165) is 0 Å². The van der Waals surface area contributed by atoms with Gasteiger partial charge >= 0.3 is 0 Å². The van der Waals surface area contributed by atoms with Crippen LogP contribution >= 0.6 is 0 Å². The summed E-state index contributed by atoms with van der Waals surface area (Å²) in [5.74, 6) is 1.92. The maximum Gasteiger partial charge on any atom is 0.0195 e. The maximum atomic E-state index is 3.00. The molecule has 40 heavy (non-hydrogen) atoms. The van der Waals surface area contributed by atoms with E-state index in [0.29, 0.717) is 23.7 Å². The summed E-state index contributed by atoms with van der Waals surface area (Å²) < 4.78 is 0. The Balaban J connectivity index is 0.000000431. The molecule has 0 saturated carbocycles. The van der Waals surface area contributed by atoms with E-state index in [4.69, 9.17) is 0 Å². The van der Waals surface area contributed by atoms with Crippen LogP contribution in [0.15, 0.2) is 73.1 Å². The molecule has 1 heterocycles. The number of nitrogens with zero attached hydrogens (tertiary/aromatic N) is 2. The van der Waals surface area contributed by atoms with E-state index in [2.05, 4.69) is 160 Å². The molecule has 0 N–H and O–H groups in total. The quantitative estimate of drug-likeness (QED) is 0.185. The molecule has 0 atom stereocenters. The molecule has 0 aromatic heterocycles. The summed E-state index contributed by atoms with van der Waals surface area (Å²) in [7, 11) is 0. The molecule has 1 aliphatic rings. The van der Waals surface area contributed by atoms with Gasteiger partial charge in [-0.15, -0.1) is 6.67 Å². The van der Waals surface area contributed by atoms with Gasteiger partial charge in [-0.2, -0.15) is 35.9 Å². The second-order valence-corrected chi connectivity index (χ2v) is 13.0. The van der Waals surface area contributed by atoms with Crippen molar-refractivity contribution in [1.82, 2.24) is 0 Å². The number of hydrogen-bond donors (Lipinski definition) is 0. The molecule has 3 aromatic rings. The average molecular weight is 720 g/mol. The number of para-hydroxylation sites is 2. The van der Waals surface area contributed by atoms with Crippen LogP contribution in [-0.2, 0) is 27.8 Å². The average Bonchev–Trinajstić information content (AvgIpc) is 3.37. The van der Waals surface area contributed by atoms with Gasteiger partial charge in [-0.3, -0.25) is 0 Å². The Morgan fingerprint density at radius 1 is 0.575 bits per heavy atom. The number of hydrogen-bond acceptors (Lipinski definition) is 2. The van der Waals surface area contributed by atoms with E-state index < -0.39 is 0 Å². The molecule has 0 aliphatic carbocycles. The zero-order valence-corrected chi connectivity index (χ0v) is 28.7. The maximum absolute atomic E-state index is 3.00. The third-order valence-electron chi connectivity index (χ3n) is 7.42. The van der Waals surface area contributed by atoms with Crippen molar-refractivity contribution in [2.24, 2.45) is 0 Å². The second-order valence-electron chi connectivity index (χ2n) is 13.0. The third-order valence-corrected chi connectivity index (χ3v) is 7.42. The van der Waals surface area contributed by atoms with Crippen molar-refractivity contribution in [3.8, 4) is 0 Å². The Bertz CT molecular complexity index is 1110. The van der Waals surface area contributed by atoms with Crippen molar-refractivity contribution < 1.29 is 22.4 Å². The molecule has 0 fully saturated rings.